The number of fused-ring (bicyclic) bond motifs is 4. The molecule has 16 nitrogen and oxygen atoms in total. The summed E-state index contributed by atoms with van der Waals surface area (Å²) in [5.74, 6) is 0.612. The molecule has 0 spiro atoms. The fourth-order valence-corrected chi connectivity index (χ4v) is 10.0. The first-order valence-corrected chi connectivity index (χ1v) is 42.7. The van der Waals surface area contributed by atoms with Gasteiger partial charge in [0.1, 0.15) is 4.03 Å². The number of aliphatic hydroxyl groups excluding tert-OH is 2. The number of H-pyrrole nitrogens is 3. The van der Waals surface area contributed by atoms with E-state index in [1.807, 2.05) is 103 Å². The van der Waals surface area contributed by atoms with E-state index < -0.39 is 5.20 Å². The zero-order valence-corrected chi connectivity index (χ0v) is 70.2. The molecule has 3 radical (unpaired) electrons. The van der Waals surface area contributed by atoms with Crippen LogP contribution in [0.15, 0.2) is 173 Å². The molecule has 96 heavy (non-hydrogen) atoms. The van der Waals surface area contributed by atoms with E-state index in [4.69, 9.17) is 85.6 Å². The third-order valence-corrected chi connectivity index (χ3v) is 14.5. The maximum Gasteiger partial charge on any atom is 1.00 e. The summed E-state index contributed by atoms with van der Waals surface area (Å²) >= 11 is 67.0. The van der Waals surface area contributed by atoms with Gasteiger partial charge in [0.2, 0.25) is 0 Å². The van der Waals surface area contributed by atoms with Crippen LogP contribution in [-0.4, -0.2) is 83.0 Å². The number of aldehydes is 1. The summed E-state index contributed by atoms with van der Waals surface area (Å²) in [4.78, 5) is 72.5. The number of halogens is 14. The van der Waals surface area contributed by atoms with Crippen LogP contribution in [0, 0.1) is 18.6 Å². The Balaban J connectivity index is -0.00000106. The first-order valence-electron chi connectivity index (χ1n) is 25.8. The van der Waals surface area contributed by atoms with Crippen LogP contribution in [0.4, 0.5) is 5.69 Å². The molecule has 0 unspecified atom stereocenters. The molecule has 6 heterocycles. The van der Waals surface area contributed by atoms with Crippen molar-refractivity contribution in [2.24, 2.45) is 0 Å². The smallest absolute Gasteiger partial charge is 1.00 e. The number of aromatic nitrogens is 8. The van der Waals surface area contributed by atoms with Crippen molar-refractivity contribution in [3.8, 4) is 0 Å². The van der Waals surface area contributed by atoms with Crippen molar-refractivity contribution in [2.45, 2.75) is 43.6 Å². The van der Waals surface area contributed by atoms with Crippen LogP contribution >= 0.6 is 211 Å². The largest absolute Gasteiger partial charge is 1.00 e. The fraction of sp³-hybridized carbons (Fsp3) is 0.133. The summed E-state index contributed by atoms with van der Waals surface area (Å²) in [5.41, 5.74) is 14.3. The zero-order chi connectivity index (χ0) is 69.8. The number of alkyl halides is 3. The number of hydrogen-bond acceptors (Lipinski definition) is 15. The third kappa shape index (κ3) is 36.5. The molecule has 36 heteroatoms. The monoisotopic (exact) mass is 1840 g/mol. The van der Waals surface area contributed by atoms with Gasteiger partial charge < -0.3 is 27.3 Å². The van der Waals surface area contributed by atoms with Crippen molar-refractivity contribution in [3.05, 3.63) is 243 Å². The molecule has 0 aliphatic carbocycles. The minimum absolute atomic E-state index is 0. The predicted octanol–water partition coefficient (Wildman–Crippen LogP) is 19.0. The molecule has 0 bridgehead atoms. The molecule has 0 saturated heterocycles. The van der Waals surface area contributed by atoms with Gasteiger partial charge in [-0.2, -0.15) is 0 Å². The number of nitrogen functional groups attached to an aromatic ring is 1. The molecule has 0 amide bonds. The van der Waals surface area contributed by atoms with E-state index in [-0.39, 0.29) is 84.7 Å². The summed E-state index contributed by atoms with van der Waals surface area (Å²) in [6.07, 6.45) is 7.37. The Morgan fingerprint density at radius 1 is 0.667 bits per heavy atom. The van der Waals surface area contributed by atoms with Crippen LogP contribution in [0.2, 0.25) is 20.1 Å². The van der Waals surface area contributed by atoms with Crippen LogP contribution < -0.4 is 46.4 Å². The number of nitrogens with two attached hydrogens (primary N) is 1. The van der Waals surface area contributed by atoms with Gasteiger partial charge in [0.15, 0.2) is 22.0 Å². The second-order valence-corrected chi connectivity index (χ2v) is 43.6. The number of ketones is 1. The quantitative estimate of drug-likeness (QED) is 0.00997. The molecule has 0 fully saturated rings. The SMILES string of the molecule is BrP(Br)Br.CC(=O)c1ccccc1N.CO.Cc1cc(=O)[nH]c(=S)[nH]1.Cc1cc(=O)[nH]c(SCc2cnc3ccccc3c2Cl)n1.Cl.ClCCl.Clc1c(CBr)cnc2ccccc12.O=Cc1cnc2ccccc2c1Cl.O=P(Cl)(Cl)Cl.OCc1cnc2ccccc2c1Cl.[B].[H-].[Na+]. The van der Waals surface area contributed by atoms with Gasteiger partial charge in [-0.3, -0.25) is 48.7 Å². The number of aliphatic hydroxyl groups is 2. The van der Waals surface area contributed by atoms with Gasteiger partial charge in [0, 0.05) is 124 Å². The van der Waals surface area contributed by atoms with Gasteiger partial charge in [-0.25, -0.2) is 4.98 Å². The Labute approximate surface area is 673 Å². The first-order chi connectivity index (χ1) is 44.2. The molecule has 0 aliphatic rings. The molecule has 507 valence electrons. The molecular formula is C60H56BBr4Cl10N9NaO7P2S2. The Morgan fingerprint density at radius 3 is 1.41 bits per heavy atom. The Kier molecular flexibility index (Phi) is 52.5. The van der Waals surface area contributed by atoms with Crippen molar-refractivity contribution >= 4 is 281 Å². The van der Waals surface area contributed by atoms with Gasteiger partial charge in [-0.15, -0.1) is 35.6 Å². The van der Waals surface area contributed by atoms with Gasteiger partial charge in [-0.05, 0) is 150 Å². The Bertz CT molecular complexity index is 4320. The molecule has 7 N–H and O–H groups in total. The number of thioether (sulfide) groups is 1. The average Bonchev–Trinajstić information content (AvgIpc) is 0.887. The number of nitrogens with zero attached hydrogens (tertiary/aromatic N) is 5. The third-order valence-electron chi connectivity index (χ3n) is 11.0. The molecule has 11 aromatic rings. The van der Waals surface area contributed by atoms with Crippen LogP contribution in [-0.2, 0) is 22.3 Å². The van der Waals surface area contributed by atoms with Crippen molar-refractivity contribution in [3.63, 3.8) is 0 Å². The molecule has 0 aliphatic heterocycles. The summed E-state index contributed by atoms with van der Waals surface area (Å²) in [7, 11) is 1.00. The summed E-state index contributed by atoms with van der Waals surface area (Å²) in [5, 5.41) is 20.5. The number of hydrogen-bond donors (Lipinski definition) is 6. The second-order valence-electron chi connectivity index (χ2n) is 17.4. The fourth-order valence-electron chi connectivity index (χ4n) is 7.13. The Hall–Kier alpha value is -2.33. The number of rotatable bonds is 7. The van der Waals surface area contributed by atoms with E-state index in [1.165, 1.54) is 37.0 Å². The molecule has 11 rings (SSSR count). The number of pyridine rings is 4. The average molecular weight is 1850 g/mol. The van der Waals surface area contributed by atoms with Crippen molar-refractivity contribution < 1.29 is 55.4 Å². The van der Waals surface area contributed by atoms with Crippen molar-refractivity contribution in [1.82, 2.24) is 39.9 Å². The number of aryl methyl sites for hydroxylation is 2. The molecule has 0 atom stereocenters. The number of carbonyl (C=O) groups excluding carboxylic acids is 2. The first kappa shape index (κ1) is 95.7. The van der Waals surface area contributed by atoms with E-state index in [1.54, 1.807) is 50.6 Å². The number of aromatic amines is 3. The molecule has 0 saturated carbocycles. The standard InChI is InChI=1S/C15H12ClN3OS.C10H7BrClN.C10H8ClNO.C10H6ClNO.C8H9NO.C5H6N2OS.CH2Cl2.CH4O.B.Br3P.Cl3OP.ClH.Na.H/c1-9-6-13(20)19-15(18-9)21-8-10-7-17-12-5-3-2-4-11(12)14(10)16;11-5-7-6-13-9-4-2-1-3-8(9)10(7)12;2*11-10-7(6-13)5-12-9-4-2-1-3-8(9)10;1-6(10)7-4-2-3-5-8(7)9;1-3-2-4(8)7-5(9)6-3;2-1-3;1-2;;1-4(2)3;1-5(2,3)4;;;/h2-7H,8H2,1H3,(H,18,19,20);1-4,6H,5H2;1-5,13H,6H2;1-6H;2-5H,9H2,1H3;2H,1H3,(H2,6,7,8,9);1H2;2H,1H3;;;;1H;;/q;;;;;;;;;;;;+1;-1. The van der Waals surface area contributed by atoms with Crippen LogP contribution in [0.25, 0.3) is 43.6 Å². The van der Waals surface area contributed by atoms with E-state index in [9.17, 15) is 23.7 Å². The van der Waals surface area contributed by atoms with E-state index in [0.29, 0.717) is 65.1 Å². The van der Waals surface area contributed by atoms with E-state index in [2.05, 4.69) is 148 Å². The predicted molar refractivity (Wildman–Crippen MR) is 426 cm³/mol. The molecule has 6 aromatic heterocycles. The normalized spacial score (nSPS) is 9.75. The maximum atomic E-state index is 11.4. The number of carbonyl (C=O) groups is 2. The van der Waals surface area contributed by atoms with Crippen LogP contribution in [0.3, 0.4) is 0 Å². The van der Waals surface area contributed by atoms with Crippen LogP contribution in [0.1, 0.15) is 57.1 Å². The molecule has 5 aromatic carbocycles. The number of para-hydroxylation sites is 5. The number of Topliss-reactive ketones (excluding diaryl/α,β-unsaturated/α-hetero) is 1. The minimum atomic E-state index is -3.22. The van der Waals surface area contributed by atoms with E-state index >= 15 is 0 Å². The molecular weight excluding hydrogens is 1790 g/mol. The minimum Gasteiger partial charge on any atom is -1.00 e. The summed E-state index contributed by atoms with van der Waals surface area (Å²) < 4.78 is 9.70. The number of anilines is 1. The van der Waals surface area contributed by atoms with Gasteiger partial charge in [0.05, 0.1) is 59.7 Å². The van der Waals surface area contributed by atoms with Gasteiger partial charge in [-0.1, -0.05) is 159 Å². The zero-order valence-electron chi connectivity index (χ0n) is 51.8. The maximum absolute atomic E-state index is 11.4. The topological polar surface area (TPSA) is 264 Å². The number of nitrogens with one attached hydrogen (secondary N) is 3. The van der Waals surface area contributed by atoms with E-state index in [0.717, 1.165) is 77.9 Å². The van der Waals surface area contributed by atoms with Crippen LogP contribution in [0.5, 0.6) is 0 Å². The number of benzene rings is 5. The van der Waals surface area contributed by atoms with Crippen molar-refractivity contribution in [1.29, 1.82) is 0 Å². The van der Waals surface area contributed by atoms with Gasteiger partial charge >= 0.3 is 34.8 Å². The van der Waals surface area contributed by atoms with Crippen molar-refractivity contribution in [2.75, 3.05) is 18.2 Å². The summed E-state index contributed by atoms with van der Waals surface area (Å²) in [6.45, 7) is 5.01. The second kappa shape index (κ2) is 52.6. The van der Waals surface area contributed by atoms with Gasteiger partial charge in [0.25, 0.3) is 11.1 Å². The summed E-state index contributed by atoms with van der Waals surface area (Å²) in [6, 6.07) is 40.6. The Morgan fingerprint density at radius 2 is 1.03 bits per heavy atom.